The molecular formula is C12H9ClO4. The van der Waals surface area contributed by atoms with Crippen molar-refractivity contribution in [2.45, 2.75) is 13.2 Å². The zero-order chi connectivity index (χ0) is 12.4. The van der Waals surface area contributed by atoms with Crippen molar-refractivity contribution in [3.8, 4) is 0 Å². The number of benzene rings is 1. The summed E-state index contributed by atoms with van der Waals surface area (Å²) in [6.45, 7) is 1.59. The summed E-state index contributed by atoms with van der Waals surface area (Å²) < 4.78 is 9.76. The Morgan fingerprint density at radius 1 is 1.47 bits per heavy atom. The second kappa shape index (κ2) is 4.59. The van der Waals surface area contributed by atoms with Crippen LogP contribution in [0.2, 0.25) is 5.02 Å². The summed E-state index contributed by atoms with van der Waals surface area (Å²) in [6.07, 6.45) is 0.499. The molecular weight excluding hydrogens is 244 g/mol. The van der Waals surface area contributed by atoms with E-state index in [0.29, 0.717) is 16.2 Å². The summed E-state index contributed by atoms with van der Waals surface area (Å²) >= 11 is 5.75. The molecule has 0 fully saturated rings. The van der Waals surface area contributed by atoms with Crippen LogP contribution in [-0.4, -0.2) is 18.2 Å². The number of halogens is 1. The molecule has 2 rings (SSSR count). The van der Waals surface area contributed by atoms with Crippen molar-refractivity contribution in [2.24, 2.45) is 0 Å². The first-order chi connectivity index (χ1) is 8.06. The molecule has 4 nitrogen and oxygen atoms in total. The molecule has 0 radical (unpaired) electrons. The Morgan fingerprint density at radius 3 is 2.82 bits per heavy atom. The van der Waals surface area contributed by atoms with Crippen molar-refractivity contribution < 1.29 is 19.1 Å². The minimum atomic E-state index is -0.950. The molecule has 5 heteroatoms. The van der Waals surface area contributed by atoms with Crippen molar-refractivity contribution in [3.63, 3.8) is 0 Å². The van der Waals surface area contributed by atoms with E-state index in [-0.39, 0.29) is 0 Å². The number of esters is 2. The highest BCUT2D eigenvalue weighted by molar-refractivity contribution is 6.30. The minimum Gasteiger partial charge on any atom is -0.418 e. The fourth-order valence-corrected chi connectivity index (χ4v) is 1.54. The highest BCUT2D eigenvalue weighted by atomic mass is 35.5. The van der Waals surface area contributed by atoms with Gasteiger partial charge in [0.05, 0.1) is 5.56 Å². The normalized spacial score (nSPS) is 18.6. The van der Waals surface area contributed by atoms with E-state index in [2.05, 4.69) is 0 Å². The Hall–Kier alpha value is -1.81. The van der Waals surface area contributed by atoms with Gasteiger partial charge in [0.25, 0.3) is 6.29 Å². The van der Waals surface area contributed by atoms with E-state index < -0.39 is 18.2 Å². The summed E-state index contributed by atoms with van der Waals surface area (Å²) in [5, 5.41) is 0.439. The molecule has 0 spiro atoms. The van der Waals surface area contributed by atoms with Crippen LogP contribution in [0.4, 0.5) is 0 Å². The van der Waals surface area contributed by atoms with Crippen LogP contribution in [0.25, 0.3) is 0 Å². The van der Waals surface area contributed by atoms with Gasteiger partial charge in [-0.15, -0.1) is 0 Å². The van der Waals surface area contributed by atoms with E-state index >= 15 is 0 Å². The second-order valence-electron chi connectivity index (χ2n) is 3.54. The molecule has 0 saturated heterocycles. The molecule has 0 bridgehead atoms. The molecule has 1 aromatic carbocycles. The topological polar surface area (TPSA) is 52.6 Å². The molecule has 1 aromatic rings. The maximum Gasteiger partial charge on any atom is 0.341 e. The summed E-state index contributed by atoms with van der Waals surface area (Å²) in [4.78, 5) is 22.7. The van der Waals surface area contributed by atoms with E-state index in [1.54, 1.807) is 25.1 Å². The van der Waals surface area contributed by atoms with Crippen LogP contribution in [0.5, 0.6) is 0 Å². The van der Waals surface area contributed by atoms with Gasteiger partial charge in [0.15, 0.2) is 0 Å². The number of carbonyl (C=O) groups is 2. The second-order valence-corrected chi connectivity index (χ2v) is 3.98. The van der Waals surface area contributed by atoms with Crippen LogP contribution >= 0.6 is 11.6 Å². The van der Waals surface area contributed by atoms with Crippen LogP contribution in [0, 0.1) is 0 Å². The minimum absolute atomic E-state index is 0.312. The molecule has 0 unspecified atom stereocenters. The first kappa shape index (κ1) is 11.7. The molecule has 0 N–H and O–H groups in total. The van der Waals surface area contributed by atoms with Crippen LogP contribution < -0.4 is 0 Å². The molecule has 0 aromatic heterocycles. The number of cyclic esters (lactones) is 1. The summed E-state index contributed by atoms with van der Waals surface area (Å²) in [6, 6.07) is 6.34. The summed E-state index contributed by atoms with van der Waals surface area (Å²) in [7, 11) is 0. The lowest BCUT2D eigenvalue weighted by Crippen LogP contribution is -2.17. The SMILES string of the molecule is CC1=C[C@H](OC(=O)c2cccc(Cl)c2)OC1=O. The predicted octanol–water partition coefficient (Wildman–Crippen LogP) is 2.33. The van der Waals surface area contributed by atoms with Crippen molar-refractivity contribution in [2.75, 3.05) is 0 Å². The van der Waals surface area contributed by atoms with E-state index in [9.17, 15) is 9.59 Å². The smallest absolute Gasteiger partial charge is 0.341 e. The Bertz CT molecular complexity index is 507. The Balaban J connectivity index is 2.06. The van der Waals surface area contributed by atoms with Crippen LogP contribution in [0.15, 0.2) is 35.9 Å². The number of rotatable bonds is 2. The largest absolute Gasteiger partial charge is 0.418 e. The highest BCUT2D eigenvalue weighted by Crippen LogP contribution is 2.17. The zero-order valence-electron chi connectivity index (χ0n) is 8.98. The Labute approximate surface area is 103 Å². The maximum absolute atomic E-state index is 11.7. The van der Waals surface area contributed by atoms with Gasteiger partial charge < -0.3 is 9.47 Å². The van der Waals surface area contributed by atoms with E-state index in [4.69, 9.17) is 21.1 Å². The highest BCUT2D eigenvalue weighted by Gasteiger charge is 2.25. The van der Waals surface area contributed by atoms with Gasteiger partial charge in [-0.2, -0.15) is 0 Å². The summed E-state index contributed by atoms with van der Waals surface area (Å²) in [5.41, 5.74) is 0.736. The predicted molar refractivity (Wildman–Crippen MR) is 60.5 cm³/mol. The average molecular weight is 253 g/mol. The van der Waals surface area contributed by atoms with Gasteiger partial charge in [0.1, 0.15) is 0 Å². The molecule has 1 aliphatic heterocycles. The van der Waals surface area contributed by atoms with Crippen LogP contribution in [0.1, 0.15) is 17.3 Å². The Kier molecular flexibility index (Phi) is 3.15. The van der Waals surface area contributed by atoms with Gasteiger partial charge >= 0.3 is 11.9 Å². The van der Waals surface area contributed by atoms with E-state index in [1.165, 1.54) is 12.1 Å². The molecule has 0 aliphatic carbocycles. The third-order valence-corrected chi connectivity index (χ3v) is 2.45. The molecule has 0 saturated carbocycles. The molecule has 88 valence electrons. The van der Waals surface area contributed by atoms with Crippen molar-refractivity contribution in [1.29, 1.82) is 0 Å². The summed E-state index contributed by atoms with van der Waals surface area (Å²) in [5.74, 6) is -1.06. The number of hydrogen-bond donors (Lipinski definition) is 0. The Morgan fingerprint density at radius 2 is 2.24 bits per heavy atom. The third kappa shape index (κ3) is 2.65. The van der Waals surface area contributed by atoms with Gasteiger partial charge in [-0.1, -0.05) is 17.7 Å². The number of ether oxygens (including phenoxy) is 2. The van der Waals surface area contributed by atoms with Gasteiger partial charge in [0, 0.05) is 16.7 Å². The average Bonchev–Trinajstić information content (AvgIpc) is 2.58. The number of hydrogen-bond acceptors (Lipinski definition) is 4. The molecule has 17 heavy (non-hydrogen) atoms. The quantitative estimate of drug-likeness (QED) is 0.758. The molecule has 1 atom stereocenters. The lowest BCUT2D eigenvalue weighted by Gasteiger charge is -2.09. The van der Waals surface area contributed by atoms with Gasteiger partial charge in [-0.25, -0.2) is 9.59 Å². The maximum atomic E-state index is 11.7. The van der Waals surface area contributed by atoms with Crippen LogP contribution in [0.3, 0.4) is 0 Å². The van der Waals surface area contributed by atoms with Gasteiger partial charge in [-0.3, -0.25) is 0 Å². The molecule has 1 aliphatic rings. The van der Waals surface area contributed by atoms with Crippen LogP contribution in [-0.2, 0) is 14.3 Å². The third-order valence-electron chi connectivity index (χ3n) is 2.21. The molecule has 1 heterocycles. The van der Waals surface area contributed by atoms with Crippen molar-refractivity contribution in [3.05, 3.63) is 46.5 Å². The number of carbonyl (C=O) groups excluding carboxylic acids is 2. The van der Waals surface area contributed by atoms with Gasteiger partial charge in [-0.05, 0) is 25.1 Å². The lowest BCUT2D eigenvalue weighted by atomic mass is 10.2. The lowest BCUT2D eigenvalue weighted by molar-refractivity contribution is -0.151. The van der Waals surface area contributed by atoms with E-state index in [0.717, 1.165) is 0 Å². The van der Waals surface area contributed by atoms with Crippen molar-refractivity contribution >= 4 is 23.5 Å². The van der Waals surface area contributed by atoms with E-state index in [1.807, 2.05) is 0 Å². The van der Waals surface area contributed by atoms with Crippen molar-refractivity contribution in [1.82, 2.24) is 0 Å². The zero-order valence-corrected chi connectivity index (χ0v) is 9.73. The fraction of sp³-hybridized carbons (Fsp3) is 0.167. The molecule has 0 amide bonds. The first-order valence-electron chi connectivity index (χ1n) is 4.92. The fourth-order valence-electron chi connectivity index (χ4n) is 1.35. The standard InChI is InChI=1S/C12H9ClO4/c1-7-5-10(16-11(7)14)17-12(15)8-3-2-4-9(13)6-8/h2-6,10H,1H3/t10-/m0/s1. The monoisotopic (exact) mass is 252 g/mol. The van der Waals surface area contributed by atoms with Gasteiger partial charge in [0.2, 0.25) is 0 Å². The first-order valence-corrected chi connectivity index (χ1v) is 5.30.